The zero-order chi connectivity index (χ0) is 26.1. The van der Waals surface area contributed by atoms with Crippen molar-refractivity contribution in [1.29, 1.82) is 0 Å². The van der Waals surface area contributed by atoms with Crippen molar-refractivity contribution in [3.63, 3.8) is 0 Å². The molecule has 2 amide bonds. The maximum Gasteiger partial charge on any atom is 0.255 e. The minimum atomic E-state index is -0.236. The summed E-state index contributed by atoms with van der Waals surface area (Å²) in [4.78, 5) is 41.2. The molecule has 0 fully saturated rings. The Labute approximate surface area is 213 Å². The van der Waals surface area contributed by atoms with Gasteiger partial charge >= 0.3 is 0 Å². The van der Waals surface area contributed by atoms with Crippen LogP contribution in [-0.2, 0) is 11.2 Å². The van der Waals surface area contributed by atoms with E-state index in [-0.39, 0.29) is 11.7 Å². The Kier molecular flexibility index (Phi) is 9.56. The first kappa shape index (κ1) is 26.9. The number of hydrogen-bond donors (Lipinski definition) is 2. The second kappa shape index (κ2) is 12.8. The van der Waals surface area contributed by atoms with Crippen molar-refractivity contribution in [3.05, 3.63) is 64.2 Å². The van der Waals surface area contributed by atoms with Crippen LogP contribution >= 0.6 is 0 Å². The molecule has 190 valence electrons. The van der Waals surface area contributed by atoms with Crippen LogP contribution in [0.1, 0.15) is 84.7 Å². The maximum atomic E-state index is 12.7. The third-order valence-corrected chi connectivity index (χ3v) is 6.11. The Hall–Kier alpha value is -3.74. The molecular formula is C29H36N4O3. The van der Waals surface area contributed by atoms with Crippen LogP contribution in [0.15, 0.2) is 47.0 Å². The molecule has 2 aliphatic rings. The molecule has 2 aromatic carbocycles. The van der Waals surface area contributed by atoms with E-state index < -0.39 is 0 Å². The van der Waals surface area contributed by atoms with E-state index in [1.54, 1.807) is 23.1 Å². The number of nitrogens with one attached hydrogen (secondary N) is 1. The quantitative estimate of drug-likeness (QED) is 0.501. The fourth-order valence-corrected chi connectivity index (χ4v) is 4.40. The molecule has 0 radical (unpaired) electrons. The number of hydrogen-bond acceptors (Lipinski definition) is 5. The highest BCUT2D eigenvalue weighted by molar-refractivity contribution is 6.06. The van der Waals surface area contributed by atoms with Gasteiger partial charge in [0, 0.05) is 48.3 Å². The van der Waals surface area contributed by atoms with Crippen LogP contribution in [0.4, 0.5) is 11.4 Å². The fraction of sp³-hybridized carbons (Fsp3) is 0.379. The second-order valence-electron chi connectivity index (χ2n) is 9.29. The average Bonchev–Trinajstić information content (AvgIpc) is 3.00. The van der Waals surface area contributed by atoms with E-state index in [1.807, 2.05) is 31.2 Å². The number of ketones is 1. The van der Waals surface area contributed by atoms with E-state index in [0.717, 1.165) is 67.4 Å². The number of benzene rings is 2. The van der Waals surface area contributed by atoms with Crippen molar-refractivity contribution in [2.24, 2.45) is 10.7 Å². The van der Waals surface area contributed by atoms with Gasteiger partial charge in [-0.25, -0.2) is 4.99 Å². The van der Waals surface area contributed by atoms with Gasteiger partial charge in [0.05, 0.1) is 5.69 Å². The predicted molar refractivity (Wildman–Crippen MR) is 146 cm³/mol. The average molecular weight is 489 g/mol. The summed E-state index contributed by atoms with van der Waals surface area (Å²) in [5, 5.41) is 2.89. The van der Waals surface area contributed by atoms with Gasteiger partial charge in [0.25, 0.3) is 5.91 Å². The lowest BCUT2D eigenvalue weighted by Crippen LogP contribution is -2.23. The number of fused-ring (bicyclic) bond motifs is 2. The van der Waals surface area contributed by atoms with Crippen molar-refractivity contribution in [2.45, 2.75) is 59.3 Å². The number of rotatable bonds is 7. The van der Waals surface area contributed by atoms with Crippen LogP contribution in [0.3, 0.4) is 0 Å². The fourth-order valence-electron chi connectivity index (χ4n) is 4.40. The lowest BCUT2D eigenvalue weighted by molar-refractivity contribution is -0.118. The lowest BCUT2D eigenvalue weighted by Gasteiger charge is -2.16. The number of nitrogens with zero attached hydrogens (tertiary/aromatic N) is 2. The Morgan fingerprint density at radius 1 is 1.11 bits per heavy atom. The number of amides is 2. The van der Waals surface area contributed by atoms with Crippen molar-refractivity contribution in [2.75, 3.05) is 18.4 Å². The molecule has 0 spiro atoms. The van der Waals surface area contributed by atoms with Crippen LogP contribution in [0.2, 0.25) is 0 Å². The number of amidine groups is 1. The Morgan fingerprint density at radius 2 is 1.86 bits per heavy atom. The highest BCUT2D eigenvalue weighted by Crippen LogP contribution is 2.28. The topological polar surface area (TPSA) is 105 Å². The first-order valence-corrected chi connectivity index (χ1v) is 12.7. The van der Waals surface area contributed by atoms with Crippen LogP contribution in [0.25, 0.3) is 6.08 Å². The molecule has 1 aliphatic carbocycles. The SMILES string of the molecule is CC1=Cc2ccc(C(=O)Nc3ccc4c(c3)C(=O)CCC4)cc2N=C(N)C1.CCCN(C=O)CCC. The highest BCUT2D eigenvalue weighted by Gasteiger charge is 2.18. The molecule has 2 aromatic rings. The van der Waals surface area contributed by atoms with Crippen LogP contribution < -0.4 is 11.1 Å². The highest BCUT2D eigenvalue weighted by atomic mass is 16.2. The van der Waals surface area contributed by atoms with Crippen LogP contribution in [-0.4, -0.2) is 41.9 Å². The van der Waals surface area contributed by atoms with Crippen molar-refractivity contribution in [3.8, 4) is 0 Å². The molecule has 0 aromatic heterocycles. The van der Waals surface area contributed by atoms with Crippen molar-refractivity contribution in [1.82, 2.24) is 4.90 Å². The summed E-state index contributed by atoms with van der Waals surface area (Å²) in [5.74, 6) is 0.442. The molecule has 36 heavy (non-hydrogen) atoms. The predicted octanol–water partition coefficient (Wildman–Crippen LogP) is 5.52. The lowest BCUT2D eigenvalue weighted by atomic mass is 9.90. The van der Waals surface area contributed by atoms with Gasteiger partial charge in [-0.05, 0) is 62.4 Å². The summed E-state index contributed by atoms with van der Waals surface area (Å²) in [7, 11) is 0. The Morgan fingerprint density at radius 3 is 2.56 bits per heavy atom. The molecule has 7 heteroatoms. The molecular weight excluding hydrogens is 452 g/mol. The number of anilines is 1. The first-order valence-electron chi connectivity index (χ1n) is 12.7. The third-order valence-electron chi connectivity index (χ3n) is 6.11. The summed E-state index contributed by atoms with van der Waals surface area (Å²) in [6.07, 6.45) is 8.07. The molecule has 0 bridgehead atoms. The zero-order valence-electron chi connectivity index (χ0n) is 21.5. The summed E-state index contributed by atoms with van der Waals surface area (Å²) in [5.41, 5.74) is 11.6. The maximum absolute atomic E-state index is 12.7. The molecule has 0 unspecified atom stereocenters. The van der Waals surface area contributed by atoms with Gasteiger partial charge in [-0.2, -0.15) is 0 Å². The molecule has 4 rings (SSSR count). The zero-order valence-corrected chi connectivity index (χ0v) is 21.5. The van der Waals surface area contributed by atoms with Gasteiger partial charge in [0.2, 0.25) is 6.41 Å². The Balaban J connectivity index is 0.000000345. The van der Waals surface area contributed by atoms with E-state index in [1.165, 1.54) is 0 Å². The van der Waals surface area contributed by atoms with Crippen molar-refractivity contribution >= 4 is 41.4 Å². The van der Waals surface area contributed by atoms with Gasteiger partial charge < -0.3 is 16.0 Å². The van der Waals surface area contributed by atoms with E-state index in [2.05, 4.69) is 24.2 Å². The largest absolute Gasteiger partial charge is 0.387 e. The summed E-state index contributed by atoms with van der Waals surface area (Å²) < 4.78 is 0. The Bertz CT molecular complexity index is 1180. The molecule has 1 heterocycles. The van der Waals surface area contributed by atoms with Gasteiger partial charge in [-0.15, -0.1) is 0 Å². The van der Waals surface area contributed by atoms with E-state index >= 15 is 0 Å². The van der Waals surface area contributed by atoms with Crippen molar-refractivity contribution < 1.29 is 14.4 Å². The molecule has 0 atom stereocenters. The number of carbonyl (C=O) groups is 3. The number of carbonyl (C=O) groups excluding carboxylic acids is 3. The molecule has 7 nitrogen and oxygen atoms in total. The number of aryl methyl sites for hydroxylation is 1. The van der Waals surface area contributed by atoms with Gasteiger partial charge in [-0.1, -0.05) is 37.6 Å². The van der Waals surface area contributed by atoms with Gasteiger partial charge in [0.1, 0.15) is 5.84 Å². The minimum Gasteiger partial charge on any atom is -0.387 e. The third kappa shape index (κ3) is 7.13. The number of Topliss-reactive ketones (excluding diaryl/α,β-unsaturated/α-hetero) is 1. The van der Waals surface area contributed by atoms with Gasteiger partial charge in [-0.3, -0.25) is 14.4 Å². The second-order valence-corrected chi connectivity index (χ2v) is 9.29. The summed E-state index contributed by atoms with van der Waals surface area (Å²) >= 11 is 0. The molecule has 0 saturated heterocycles. The van der Waals surface area contributed by atoms with E-state index in [9.17, 15) is 14.4 Å². The first-order chi connectivity index (χ1) is 17.3. The number of nitrogens with two attached hydrogens (primary N) is 1. The summed E-state index contributed by atoms with van der Waals surface area (Å²) in [6.45, 7) is 7.96. The standard InChI is InChI=1S/C22H21N3O2.C7H15NO/c1-13-9-15-5-6-16(11-19(15)25-21(23)10-13)22(27)24-17-8-7-14-3-2-4-20(26)18(14)12-17;1-3-5-8(7-9)6-4-2/h5-9,11-12H,2-4,10H2,1H3,(H2,23,25)(H,24,27);7H,3-6H2,1-2H3. The summed E-state index contributed by atoms with van der Waals surface area (Å²) in [6, 6.07) is 11.0. The van der Waals surface area contributed by atoms with E-state index in [0.29, 0.717) is 35.6 Å². The van der Waals surface area contributed by atoms with Gasteiger partial charge in [0.15, 0.2) is 5.78 Å². The smallest absolute Gasteiger partial charge is 0.255 e. The van der Waals surface area contributed by atoms with E-state index in [4.69, 9.17) is 5.73 Å². The van der Waals surface area contributed by atoms with Crippen LogP contribution in [0, 0.1) is 0 Å². The monoisotopic (exact) mass is 488 g/mol. The minimum absolute atomic E-state index is 0.143. The molecule has 0 saturated carbocycles. The normalized spacial score (nSPS) is 14.1. The van der Waals surface area contributed by atoms with Crippen LogP contribution in [0.5, 0.6) is 0 Å². The molecule has 1 aliphatic heterocycles. The molecule has 3 N–H and O–H groups in total. The number of aliphatic imine (C=N–C) groups is 1.